The van der Waals surface area contributed by atoms with Crippen molar-refractivity contribution in [1.82, 2.24) is 19.9 Å². The fraction of sp³-hybridized carbons (Fsp3) is 0.556. The second-order valence-corrected chi connectivity index (χ2v) is 6.99. The fourth-order valence-corrected chi connectivity index (χ4v) is 3.72. The van der Waals surface area contributed by atoms with E-state index in [-0.39, 0.29) is 11.5 Å². The maximum absolute atomic E-state index is 12.4. The second kappa shape index (κ2) is 7.03. The van der Waals surface area contributed by atoms with Gasteiger partial charge in [-0.25, -0.2) is 15.0 Å². The number of ether oxygens (including phenoxy) is 2. The van der Waals surface area contributed by atoms with E-state index in [1.807, 2.05) is 0 Å². The highest BCUT2D eigenvalue weighted by molar-refractivity contribution is 5.93. The van der Waals surface area contributed by atoms with E-state index >= 15 is 0 Å². The maximum atomic E-state index is 12.4. The average molecular weight is 358 g/mol. The van der Waals surface area contributed by atoms with Crippen LogP contribution in [0.5, 0.6) is 6.01 Å². The SMILES string of the molecule is Cc1ncoc1C(=O)N1CC2(CC(CCOc3ncccn3)CCO2)C1. The van der Waals surface area contributed by atoms with Gasteiger partial charge < -0.3 is 18.8 Å². The van der Waals surface area contributed by atoms with E-state index < -0.39 is 0 Å². The third kappa shape index (κ3) is 3.41. The summed E-state index contributed by atoms with van der Waals surface area (Å²) < 4.78 is 16.8. The zero-order valence-electron chi connectivity index (χ0n) is 14.8. The zero-order chi connectivity index (χ0) is 18.0. The van der Waals surface area contributed by atoms with Gasteiger partial charge in [-0.05, 0) is 38.2 Å². The fourth-order valence-electron chi connectivity index (χ4n) is 3.72. The van der Waals surface area contributed by atoms with Crippen LogP contribution in [-0.4, -0.2) is 57.7 Å². The van der Waals surface area contributed by atoms with E-state index in [1.54, 1.807) is 30.3 Å². The highest BCUT2D eigenvalue weighted by atomic mass is 16.5. The molecule has 0 N–H and O–H groups in total. The Kier molecular flexibility index (Phi) is 4.58. The van der Waals surface area contributed by atoms with Gasteiger partial charge in [0.1, 0.15) is 5.60 Å². The van der Waals surface area contributed by atoms with Crippen LogP contribution in [-0.2, 0) is 4.74 Å². The summed E-state index contributed by atoms with van der Waals surface area (Å²) in [5, 5.41) is 0. The Hall–Kier alpha value is -2.48. The molecular weight excluding hydrogens is 336 g/mol. The van der Waals surface area contributed by atoms with Crippen LogP contribution in [0.3, 0.4) is 0 Å². The molecular formula is C18H22N4O4. The zero-order valence-corrected chi connectivity index (χ0v) is 14.8. The largest absolute Gasteiger partial charge is 0.463 e. The molecule has 8 nitrogen and oxygen atoms in total. The van der Waals surface area contributed by atoms with Crippen molar-refractivity contribution in [1.29, 1.82) is 0 Å². The van der Waals surface area contributed by atoms with Gasteiger partial charge in [0.05, 0.1) is 25.4 Å². The summed E-state index contributed by atoms with van der Waals surface area (Å²) in [6.07, 6.45) is 7.52. The van der Waals surface area contributed by atoms with Gasteiger partial charge in [-0.2, -0.15) is 0 Å². The standard InChI is InChI=1S/C18H22N4O4/c1-13-15(25-12-21-13)16(23)22-10-18(11-22)9-14(4-8-26-18)3-7-24-17-19-5-2-6-20-17/h2,5-6,12,14H,3-4,7-11H2,1H3. The molecule has 4 rings (SSSR count). The molecule has 2 aliphatic heterocycles. The van der Waals surface area contributed by atoms with Crippen LogP contribution in [0.2, 0.25) is 0 Å². The molecule has 0 saturated carbocycles. The van der Waals surface area contributed by atoms with Crippen LogP contribution in [0, 0.1) is 12.8 Å². The number of oxazole rings is 1. The summed E-state index contributed by atoms with van der Waals surface area (Å²) >= 11 is 0. The smallest absolute Gasteiger partial charge is 0.316 e. The van der Waals surface area contributed by atoms with Crippen molar-refractivity contribution < 1.29 is 18.7 Å². The maximum Gasteiger partial charge on any atom is 0.316 e. The highest BCUT2D eigenvalue weighted by Crippen LogP contribution is 2.38. The first-order valence-corrected chi connectivity index (χ1v) is 8.88. The molecule has 0 bridgehead atoms. The van der Waals surface area contributed by atoms with Crippen molar-refractivity contribution >= 4 is 5.91 Å². The first-order chi connectivity index (χ1) is 12.7. The van der Waals surface area contributed by atoms with Gasteiger partial charge in [0.25, 0.3) is 5.91 Å². The van der Waals surface area contributed by atoms with Gasteiger partial charge in [0, 0.05) is 19.0 Å². The van der Waals surface area contributed by atoms with E-state index in [0.717, 1.165) is 25.9 Å². The minimum absolute atomic E-state index is 0.110. The number of aryl methyl sites for hydroxylation is 1. The van der Waals surface area contributed by atoms with Crippen molar-refractivity contribution in [2.45, 2.75) is 31.8 Å². The lowest BCUT2D eigenvalue weighted by molar-refractivity contribution is -0.167. The van der Waals surface area contributed by atoms with E-state index in [1.165, 1.54) is 6.39 Å². The van der Waals surface area contributed by atoms with Crippen LogP contribution >= 0.6 is 0 Å². The van der Waals surface area contributed by atoms with Gasteiger partial charge in [-0.15, -0.1) is 0 Å². The summed E-state index contributed by atoms with van der Waals surface area (Å²) in [5.74, 6) is 0.723. The molecule has 0 aliphatic carbocycles. The van der Waals surface area contributed by atoms with Crippen molar-refractivity contribution in [3.63, 3.8) is 0 Å². The Morgan fingerprint density at radius 2 is 2.15 bits per heavy atom. The molecule has 1 spiro atoms. The van der Waals surface area contributed by atoms with Gasteiger partial charge in [0.15, 0.2) is 6.39 Å². The third-order valence-electron chi connectivity index (χ3n) is 5.08. The van der Waals surface area contributed by atoms with Crippen molar-refractivity contribution in [2.24, 2.45) is 5.92 Å². The molecule has 0 aromatic carbocycles. The first kappa shape index (κ1) is 17.0. The van der Waals surface area contributed by atoms with E-state index in [0.29, 0.717) is 43.1 Å². The minimum atomic E-state index is -0.226. The van der Waals surface area contributed by atoms with Crippen LogP contribution in [0.15, 0.2) is 29.3 Å². The number of rotatable bonds is 5. The van der Waals surface area contributed by atoms with Crippen molar-refractivity contribution in [3.8, 4) is 6.01 Å². The number of hydrogen-bond acceptors (Lipinski definition) is 7. The van der Waals surface area contributed by atoms with Crippen LogP contribution in [0.1, 0.15) is 35.5 Å². The molecule has 2 saturated heterocycles. The topological polar surface area (TPSA) is 90.6 Å². The lowest BCUT2D eigenvalue weighted by atomic mass is 9.79. The van der Waals surface area contributed by atoms with Gasteiger partial charge in [-0.1, -0.05) is 0 Å². The third-order valence-corrected chi connectivity index (χ3v) is 5.08. The summed E-state index contributed by atoms with van der Waals surface area (Å²) in [5.41, 5.74) is 0.397. The van der Waals surface area contributed by atoms with E-state index in [2.05, 4.69) is 15.0 Å². The molecule has 1 atom stereocenters. The van der Waals surface area contributed by atoms with Crippen molar-refractivity contribution in [2.75, 3.05) is 26.3 Å². The molecule has 2 fully saturated rings. The first-order valence-electron chi connectivity index (χ1n) is 8.88. The summed E-state index contributed by atoms with van der Waals surface area (Å²) in [6, 6.07) is 2.18. The Balaban J connectivity index is 1.27. The highest BCUT2D eigenvalue weighted by Gasteiger charge is 2.49. The lowest BCUT2D eigenvalue weighted by Crippen LogP contribution is -2.66. The number of carbonyl (C=O) groups is 1. The lowest BCUT2D eigenvalue weighted by Gasteiger charge is -2.53. The Morgan fingerprint density at radius 1 is 1.35 bits per heavy atom. The number of carbonyl (C=O) groups excluding carboxylic acids is 1. The second-order valence-electron chi connectivity index (χ2n) is 6.99. The van der Waals surface area contributed by atoms with Crippen LogP contribution < -0.4 is 4.74 Å². The number of likely N-dealkylation sites (tertiary alicyclic amines) is 1. The quantitative estimate of drug-likeness (QED) is 0.806. The Morgan fingerprint density at radius 3 is 2.88 bits per heavy atom. The van der Waals surface area contributed by atoms with E-state index in [9.17, 15) is 4.79 Å². The van der Waals surface area contributed by atoms with Gasteiger partial charge in [-0.3, -0.25) is 4.79 Å². The van der Waals surface area contributed by atoms with Crippen LogP contribution in [0.25, 0.3) is 0 Å². The monoisotopic (exact) mass is 358 g/mol. The number of nitrogens with zero attached hydrogens (tertiary/aromatic N) is 4. The Bertz CT molecular complexity index is 758. The van der Waals surface area contributed by atoms with Gasteiger partial charge in [0.2, 0.25) is 5.76 Å². The van der Waals surface area contributed by atoms with Gasteiger partial charge >= 0.3 is 6.01 Å². The molecule has 4 heterocycles. The summed E-state index contributed by atoms with van der Waals surface area (Å²) in [4.78, 5) is 26.3. The molecule has 2 aromatic heterocycles. The molecule has 0 radical (unpaired) electrons. The number of amides is 1. The number of hydrogen-bond donors (Lipinski definition) is 0. The molecule has 2 aromatic rings. The molecule has 2 aliphatic rings. The molecule has 8 heteroatoms. The number of aromatic nitrogens is 3. The predicted octanol–water partition coefficient (Wildman–Crippen LogP) is 1.86. The molecule has 1 unspecified atom stereocenters. The Labute approximate surface area is 151 Å². The predicted molar refractivity (Wildman–Crippen MR) is 90.7 cm³/mol. The summed E-state index contributed by atoms with van der Waals surface area (Å²) in [6.45, 7) is 4.28. The molecule has 26 heavy (non-hydrogen) atoms. The van der Waals surface area contributed by atoms with Crippen LogP contribution in [0.4, 0.5) is 0 Å². The minimum Gasteiger partial charge on any atom is -0.463 e. The summed E-state index contributed by atoms with van der Waals surface area (Å²) in [7, 11) is 0. The molecule has 1 amide bonds. The van der Waals surface area contributed by atoms with Crippen molar-refractivity contribution in [3.05, 3.63) is 36.3 Å². The average Bonchev–Trinajstić information content (AvgIpc) is 3.06. The van der Waals surface area contributed by atoms with E-state index in [4.69, 9.17) is 13.9 Å². The normalized spacial score (nSPS) is 21.4. The molecule has 138 valence electrons.